The van der Waals surface area contributed by atoms with Crippen LogP contribution in [0, 0.1) is 5.82 Å². The maximum absolute atomic E-state index is 14.0. The standard InChI is InChI=1S/C26H19BrCl2FNO4S/c1-2-34-22-10-15(9-19(27)24(22)35-14-17-5-3-4-6-21(17)30)11-23-25(32)31(26(33)36-23)13-16-7-8-18(28)12-20(16)29/h3-12H,2,13-14H2,1H3/b23-11-. The van der Waals surface area contributed by atoms with E-state index in [1.807, 2.05) is 6.92 Å². The van der Waals surface area contributed by atoms with Gasteiger partial charge in [-0.1, -0.05) is 47.5 Å². The zero-order valence-corrected chi connectivity index (χ0v) is 22.8. The van der Waals surface area contributed by atoms with Crippen LogP contribution in [0.15, 0.2) is 64.0 Å². The highest BCUT2D eigenvalue weighted by atomic mass is 79.9. The molecule has 0 spiro atoms. The molecule has 186 valence electrons. The molecule has 3 aromatic rings. The Balaban J connectivity index is 1.56. The fourth-order valence-electron chi connectivity index (χ4n) is 3.45. The lowest BCUT2D eigenvalue weighted by molar-refractivity contribution is -0.123. The van der Waals surface area contributed by atoms with Crippen LogP contribution in [0.5, 0.6) is 11.5 Å². The number of imide groups is 1. The number of carbonyl (C=O) groups excluding carboxylic acids is 2. The lowest BCUT2D eigenvalue weighted by Gasteiger charge is -2.15. The molecule has 5 nitrogen and oxygen atoms in total. The number of amides is 2. The van der Waals surface area contributed by atoms with Gasteiger partial charge in [0, 0.05) is 15.6 Å². The zero-order valence-electron chi connectivity index (χ0n) is 18.9. The first-order valence-corrected chi connectivity index (χ1v) is 13.1. The molecular formula is C26H19BrCl2FNO4S. The van der Waals surface area contributed by atoms with Crippen molar-refractivity contribution in [2.75, 3.05) is 6.61 Å². The van der Waals surface area contributed by atoms with Gasteiger partial charge in [0.1, 0.15) is 12.4 Å². The molecule has 1 heterocycles. The summed E-state index contributed by atoms with van der Waals surface area (Å²) < 4.78 is 26.2. The predicted octanol–water partition coefficient (Wildman–Crippen LogP) is 8.11. The molecule has 1 aliphatic rings. The summed E-state index contributed by atoms with van der Waals surface area (Å²) in [4.78, 5) is 27.0. The monoisotopic (exact) mass is 609 g/mol. The fourth-order valence-corrected chi connectivity index (χ4v) is 5.33. The predicted molar refractivity (Wildman–Crippen MR) is 144 cm³/mol. The first-order chi connectivity index (χ1) is 17.3. The molecule has 0 saturated carbocycles. The second-order valence-corrected chi connectivity index (χ2v) is 10.3. The van der Waals surface area contributed by atoms with Crippen LogP contribution in [-0.4, -0.2) is 22.7 Å². The van der Waals surface area contributed by atoms with Gasteiger partial charge in [0.15, 0.2) is 11.5 Å². The average Bonchev–Trinajstić information content (AvgIpc) is 3.08. The van der Waals surface area contributed by atoms with Crippen LogP contribution in [0.1, 0.15) is 23.6 Å². The molecule has 1 aliphatic heterocycles. The van der Waals surface area contributed by atoms with Gasteiger partial charge in [-0.05, 0) is 82.2 Å². The van der Waals surface area contributed by atoms with Crippen molar-refractivity contribution >= 4 is 68.1 Å². The Bertz CT molecular complexity index is 1370. The highest BCUT2D eigenvalue weighted by Crippen LogP contribution is 2.40. The molecule has 0 N–H and O–H groups in total. The van der Waals surface area contributed by atoms with Crippen LogP contribution in [0.25, 0.3) is 6.08 Å². The molecule has 0 unspecified atom stereocenters. The van der Waals surface area contributed by atoms with Crippen molar-refractivity contribution in [1.82, 2.24) is 4.90 Å². The molecule has 36 heavy (non-hydrogen) atoms. The van der Waals surface area contributed by atoms with Crippen LogP contribution in [0.3, 0.4) is 0 Å². The van der Waals surface area contributed by atoms with E-state index in [0.717, 1.165) is 16.7 Å². The summed E-state index contributed by atoms with van der Waals surface area (Å²) in [6, 6.07) is 14.7. The summed E-state index contributed by atoms with van der Waals surface area (Å²) >= 11 is 16.5. The lowest BCUT2D eigenvalue weighted by atomic mass is 10.1. The maximum Gasteiger partial charge on any atom is 0.293 e. The Morgan fingerprint density at radius 1 is 1.06 bits per heavy atom. The van der Waals surface area contributed by atoms with Crippen molar-refractivity contribution in [2.45, 2.75) is 20.1 Å². The van der Waals surface area contributed by atoms with E-state index in [1.165, 1.54) is 6.07 Å². The second kappa shape index (κ2) is 11.7. The van der Waals surface area contributed by atoms with Gasteiger partial charge in [-0.3, -0.25) is 14.5 Å². The van der Waals surface area contributed by atoms with E-state index in [-0.39, 0.29) is 23.9 Å². The van der Waals surface area contributed by atoms with E-state index in [4.69, 9.17) is 32.7 Å². The van der Waals surface area contributed by atoms with Gasteiger partial charge in [0.2, 0.25) is 0 Å². The van der Waals surface area contributed by atoms with Gasteiger partial charge >= 0.3 is 0 Å². The van der Waals surface area contributed by atoms with E-state index in [1.54, 1.807) is 54.6 Å². The van der Waals surface area contributed by atoms with Crippen molar-refractivity contribution in [3.05, 3.63) is 96.5 Å². The van der Waals surface area contributed by atoms with Crippen molar-refractivity contribution in [2.24, 2.45) is 0 Å². The molecule has 0 aliphatic carbocycles. The largest absolute Gasteiger partial charge is 0.490 e. The molecule has 0 radical (unpaired) electrons. The van der Waals surface area contributed by atoms with Gasteiger partial charge < -0.3 is 9.47 Å². The van der Waals surface area contributed by atoms with Crippen LogP contribution in [0.2, 0.25) is 10.0 Å². The third-order valence-corrected chi connectivity index (χ3v) is 7.26. The average molecular weight is 611 g/mol. The third kappa shape index (κ3) is 6.06. The number of hydrogen-bond donors (Lipinski definition) is 0. The smallest absolute Gasteiger partial charge is 0.293 e. The quantitative estimate of drug-likeness (QED) is 0.241. The topological polar surface area (TPSA) is 55.8 Å². The molecule has 0 atom stereocenters. The highest BCUT2D eigenvalue weighted by molar-refractivity contribution is 9.10. The highest BCUT2D eigenvalue weighted by Gasteiger charge is 2.35. The summed E-state index contributed by atoms with van der Waals surface area (Å²) in [7, 11) is 0. The number of nitrogens with zero attached hydrogens (tertiary/aromatic N) is 1. The molecule has 3 aromatic carbocycles. The van der Waals surface area contributed by atoms with Crippen LogP contribution in [-0.2, 0) is 17.9 Å². The lowest BCUT2D eigenvalue weighted by Crippen LogP contribution is -2.27. The van der Waals surface area contributed by atoms with Crippen LogP contribution in [0.4, 0.5) is 9.18 Å². The number of halogens is 4. The minimum absolute atomic E-state index is 0.0108. The minimum Gasteiger partial charge on any atom is -0.490 e. The Morgan fingerprint density at radius 3 is 2.56 bits per heavy atom. The Hall–Kier alpha value is -2.52. The number of ether oxygens (including phenoxy) is 2. The van der Waals surface area contributed by atoms with Crippen molar-refractivity contribution in [1.29, 1.82) is 0 Å². The fraction of sp³-hybridized carbons (Fsp3) is 0.154. The van der Waals surface area contributed by atoms with Gasteiger partial charge in [-0.15, -0.1) is 0 Å². The molecular weight excluding hydrogens is 592 g/mol. The second-order valence-electron chi connectivity index (χ2n) is 7.65. The van der Waals surface area contributed by atoms with E-state index in [9.17, 15) is 14.0 Å². The summed E-state index contributed by atoms with van der Waals surface area (Å²) in [6.07, 6.45) is 1.61. The maximum atomic E-state index is 14.0. The van der Waals surface area contributed by atoms with Crippen molar-refractivity contribution in [3.63, 3.8) is 0 Å². The summed E-state index contributed by atoms with van der Waals surface area (Å²) in [5.74, 6) is 0.0353. The molecule has 2 amide bonds. The summed E-state index contributed by atoms with van der Waals surface area (Å²) in [5, 5.41) is 0.447. The Morgan fingerprint density at radius 2 is 1.83 bits per heavy atom. The van der Waals surface area contributed by atoms with E-state index < -0.39 is 11.1 Å². The SMILES string of the molecule is CCOc1cc(/C=C2\SC(=O)N(Cc3ccc(Cl)cc3Cl)C2=O)cc(Br)c1OCc1ccccc1F. The van der Waals surface area contributed by atoms with Gasteiger partial charge in [0.25, 0.3) is 11.1 Å². The van der Waals surface area contributed by atoms with E-state index >= 15 is 0 Å². The minimum atomic E-state index is -0.426. The van der Waals surface area contributed by atoms with Gasteiger partial charge in [-0.25, -0.2) is 4.39 Å². The van der Waals surface area contributed by atoms with Gasteiger partial charge in [-0.2, -0.15) is 0 Å². The number of hydrogen-bond acceptors (Lipinski definition) is 5. The van der Waals surface area contributed by atoms with Crippen molar-refractivity contribution in [3.8, 4) is 11.5 Å². The van der Waals surface area contributed by atoms with E-state index in [0.29, 0.717) is 49.3 Å². The van der Waals surface area contributed by atoms with Crippen molar-refractivity contribution < 1.29 is 23.5 Å². The molecule has 1 saturated heterocycles. The van der Waals surface area contributed by atoms with Gasteiger partial charge in [0.05, 0.1) is 22.5 Å². The Kier molecular flexibility index (Phi) is 8.62. The molecule has 1 fully saturated rings. The summed E-state index contributed by atoms with van der Waals surface area (Å²) in [5.41, 5.74) is 1.64. The van der Waals surface area contributed by atoms with E-state index in [2.05, 4.69) is 15.9 Å². The van der Waals surface area contributed by atoms with Crippen LogP contribution >= 0.6 is 50.9 Å². The number of thioether (sulfide) groups is 1. The normalized spacial score (nSPS) is 14.6. The molecule has 0 bridgehead atoms. The van der Waals surface area contributed by atoms with Crippen LogP contribution < -0.4 is 9.47 Å². The molecule has 4 rings (SSSR count). The first kappa shape index (κ1) is 26.5. The molecule has 0 aromatic heterocycles. The zero-order chi connectivity index (χ0) is 25.8. The Labute approximate surface area is 230 Å². The summed E-state index contributed by atoms with van der Waals surface area (Å²) in [6.45, 7) is 2.24. The number of benzene rings is 3. The number of rotatable bonds is 8. The third-order valence-electron chi connectivity index (χ3n) is 5.18. The first-order valence-electron chi connectivity index (χ1n) is 10.8. The molecule has 10 heteroatoms. The number of carbonyl (C=O) groups is 2.